The molecule has 0 saturated carbocycles. The minimum Gasteiger partial charge on any atom is -0.746 e. The molecule has 0 aliphatic heterocycles. The molecule has 0 radical (unpaired) electrons. The molecule has 0 bridgehead atoms. The zero-order valence-electron chi connectivity index (χ0n) is 25.7. The zero-order valence-corrected chi connectivity index (χ0v) is 27.4. The smallest absolute Gasteiger partial charge is 0.319 e. The Labute approximate surface area is 253 Å². The lowest BCUT2D eigenvalue weighted by molar-refractivity contribution is -0.683. The number of benzene rings is 1. The number of hydrogen-bond acceptors (Lipinski definition) is 7. The summed E-state index contributed by atoms with van der Waals surface area (Å²) in [6.07, 6.45) is 20.1. The molecule has 2 rings (SSSR count). The Hall–Kier alpha value is -1.28. The average molecular weight is 612 g/mol. The molecule has 0 spiro atoms. The number of unbranched alkanes of at least 4 members (excludes halogenated alkanes) is 13. The first kappa shape index (κ1) is 35.9. The van der Waals surface area contributed by atoms with E-state index in [0.717, 1.165) is 18.4 Å². The van der Waals surface area contributed by atoms with E-state index in [9.17, 15) is 9.46 Å². The second-order valence-corrected chi connectivity index (χ2v) is 13.3. The number of aromatic nitrogens is 1. The molecule has 1 aromatic carbocycles. The Bertz CT molecular complexity index is 954. The summed E-state index contributed by atoms with van der Waals surface area (Å²) in [5, 5.41) is 0. The molecule has 0 amide bonds. The maximum absolute atomic E-state index is 12.4. The van der Waals surface area contributed by atoms with Crippen molar-refractivity contribution < 1.29 is 32.5 Å². The lowest BCUT2D eigenvalue weighted by Gasteiger charge is -2.26. The highest BCUT2D eigenvalue weighted by atomic mass is 32.1. The molecule has 1 heterocycles. The van der Waals surface area contributed by atoms with E-state index in [4.69, 9.17) is 18.5 Å². The highest BCUT2D eigenvalue weighted by molar-refractivity contribution is 7.46. The Morgan fingerprint density at radius 1 is 0.854 bits per heavy atom. The number of aryl methyl sites for hydroxylation is 1. The molecule has 0 aliphatic carbocycles. The molecule has 0 N–H and O–H groups in total. The van der Waals surface area contributed by atoms with Gasteiger partial charge in [-0.25, -0.2) is 0 Å². The van der Waals surface area contributed by atoms with Crippen molar-refractivity contribution in [3.8, 4) is 5.75 Å². The molecule has 7 nitrogen and oxygen atoms in total. The summed E-state index contributed by atoms with van der Waals surface area (Å²) in [6.45, 7) is 8.15. The van der Waals surface area contributed by atoms with E-state index in [1.807, 2.05) is 19.1 Å². The van der Waals surface area contributed by atoms with E-state index in [1.54, 1.807) is 23.5 Å². The van der Waals surface area contributed by atoms with Crippen LogP contribution >= 0.6 is 19.2 Å². The lowest BCUT2D eigenvalue weighted by atomic mass is 10.0. The van der Waals surface area contributed by atoms with Crippen molar-refractivity contribution >= 4 is 19.2 Å². The quantitative estimate of drug-likeness (QED) is 0.0607. The fourth-order valence-corrected chi connectivity index (χ4v) is 6.13. The maximum atomic E-state index is 12.4. The topological polar surface area (TPSA) is 80.9 Å². The van der Waals surface area contributed by atoms with Gasteiger partial charge in [0.2, 0.25) is 5.51 Å². The molecule has 2 aromatic rings. The average Bonchev–Trinajstić information content (AvgIpc) is 3.36. The Balaban J connectivity index is 1.51. The molecule has 1 aromatic heterocycles. The summed E-state index contributed by atoms with van der Waals surface area (Å²) in [5.41, 5.74) is 3.10. The molecule has 234 valence electrons. The van der Waals surface area contributed by atoms with Crippen molar-refractivity contribution in [3.05, 3.63) is 46.4 Å². The van der Waals surface area contributed by atoms with Gasteiger partial charge >= 0.3 is 7.82 Å². The zero-order chi connectivity index (χ0) is 29.6. The molecular formula is C32H54NO6PS. The van der Waals surface area contributed by atoms with Crippen LogP contribution in [0.4, 0.5) is 0 Å². The predicted molar refractivity (Wildman–Crippen MR) is 166 cm³/mol. The molecule has 0 saturated heterocycles. The van der Waals surface area contributed by atoms with Gasteiger partial charge in [0, 0.05) is 18.8 Å². The van der Waals surface area contributed by atoms with Gasteiger partial charge in [-0.2, -0.15) is 4.57 Å². The standard InChI is InChI=1S/C32H54NO6PS/c1-4-6-7-8-9-10-11-12-13-14-15-16-17-18-23-36-26-32(37-5-2)27-38-40(34,35)39-31-21-19-30(20-22-31)25-33-24-29(3)41-28-33/h19-22,24,28,32H,4-18,23,25-27H2,1-3H3. The van der Waals surface area contributed by atoms with Gasteiger partial charge in [-0.15, -0.1) is 0 Å². The first-order valence-electron chi connectivity index (χ1n) is 15.8. The lowest BCUT2D eigenvalue weighted by Crippen LogP contribution is -2.30. The Morgan fingerprint density at radius 3 is 1.98 bits per heavy atom. The van der Waals surface area contributed by atoms with Crippen LogP contribution in [-0.2, 0) is 25.1 Å². The fourth-order valence-electron chi connectivity index (χ4n) is 4.72. The van der Waals surface area contributed by atoms with Crippen LogP contribution < -0.4 is 14.0 Å². The summed E-state index contributed by atoms with van der Waals surface area (Å²) >= 11 is 1.68. The molecule has 0 fully saturated rings. The Morgan fingerprint density at radius 2 is 1.44 bits per heavy atom. The largest absolute Gasteiger partial charge is 0.746 e. The number of rotatable bonds is 26. The van der Waals surface area contributed by atoms with Crippen molar-refractivity contribution in [2.24, 2.45) is 0 Å². The second-order valence-electron chi connectivity index (χ2n) is 10.9. The van der Waals surface area contributed by atoms with E-state index in [2.05, 4.69) is 30.1 Å². The van der Waals surface area contributed by atoms with Crippen molar-refractivity contribution in [3.63, 3.8) is 0 Å². The van der Waals surface area contributed by atoms with E-state index in [1.165, 1.54) is 81.9 Å². The normalized spacial score (nSPS) is 13.8. The van der Waals surface area contributed by atoms with Gasteiger partial charge in [0.25, 0.3) is 0 Å². The summed E-state index contributed by atoms with van der Waals surface area (Å²) < 4.78 is 36.1. The van der Waals surface area contributed by atoms with Crippen molar-refractivity contribution in [2.45, 2.75) is 123 Å². The summed E-state index contributed by atoms with van der Waals surface area (Å²) in [7, 11) is -4.54. The van der Waals surface area contributed by atoms with Crippen molar-refractivity contribution in [1.82, 2.24) is 0 Å². The van der Waals surface area contributed by atoms with E-state index >= 15 is 0 Å². The van der Waals surface area contributed by atoms with Gasteiger partial charge < -0.3 is 23.4 Å². The van der Waals surface area contributed by atoms with E-state index < -0.39 is 13.9 Å². The fraction of sp³-hybridized carbons (Fsp3) is 0.719. The Kier molecular flexibility index (Phi) is 19.5. The number of phosphoric ester groups is 1. The SMILES string of the molecule is CCCCCCCCCCCCCCCCOCC(COP(=O)([O-])Oc1ccc(C[n+]2csc(C)c2)cc1)OCC. The third-order valence-electron chi connectivity index (χ3n) is 6.99. The first-order valence-corrected chi connectivity index (χ1v) is 18.1. The van der Waals surface area contributed by atoms with Crippen LogP contribution in [0.25, 0.3) is 0 Å². The number of nitrogens with zero attached hydrogens (tertiary/aromatic N) is 1. The van der Waals surface area contributed by atoms with Crippen LogP contribution in [0.3, 0.4) is 0 Å². The highest BCUT2D eigenvalue weighted by Crippen LogP contribution is 2.39. The minimum atomic E-state index is -4.54. The maximum Gasteiger partial charge on any atom is 0.319 e. The van der Waals surface area contributed by atoms with Crippen molar-refractivity contribution in [1.29, 1.82) is 0 Å². The highest BCUT2D eigenvalue weighted by Gasteiger charge is 2.17. The molecule has 41 heavy (non-hydrogen) atoms. The molecule has 2 unspecified atom stereocenters. The summed E-state index contributed by atoms with van der Waals surface area (Å²) in [6, 6.07) is 6.98. The van der Waals surface area contributed by atoms with Gasteiger partial charge in [0.15, 0.2) is 12.7 Å². The van der Waals surface area contributed by atoms with Crippen molar-refractivity contribution in [2.75, 3.05) is 26.4 Å². The monoisotopic (exact) mass is 611 g/mol. The van der Waals surface area contributed by atoms with Gasteiger partial charge in [0.1, 0.15) is 11.9 Å². The van der Waals surface area contributed by atoms with Gasteiger partial charge in [0.05, 0.1) is 18.1 Å². The van der Waals surface area contributed by atoms with Crippen LogP contribution in [-0.4, -0.2) is 32.5 Å². The van der Waals surface area contributed by atoms with E-state index in [0.29, 0.717) is 26.4 Å². The van der Waals surface area contributed by atoms with Gasteiger partial charge in [-0.1, -0.05) is 102 Å². The van der Waals surface area contributed by atoms with Crippen LogP contribution in [0, 0.1) is 6.92 Å². The second kappa shape index (κ2) is 22.3. The molecule has 0 aliphatic rings. The molecular weight excluding hydrogens is 557 g/mol. The minimum absolute atomic E-state index is 0.139. The van der Waals surface area contributed by atoms with Crippen LogP contribution in [0.15, 0.2) is 36.0 Å². The first-order chi connectivity index (χ1) is 19.9. The number of thiazole rings is 1. The van der Waals surface area contributed by atoms with Gasteiger partial charge in [-0.05, 0) is 44.5 Å². The predicted octanol–water partition coefficient (Wildman–Crippen LogP) is 8.16. The van der Waals surface area contributed by atoms with Crippen LogP contribution in [0.2, 0.25) is 0 Å². The summed E-state index contributed by atoms with van der Waals surface area (Å²) in [4.78, 5) is 13.6. The third-order valence-corrected chi connectivity index (χ3v) is 8.75. The van der Waals surface area contributed by atoms with E-state index in [-0.39, 0.29) is 12.4 Å². The number of ether oxygens (including phenoxy) is 2. The number of hydrogen-bond donors (Lipinski definition) is 0. The molecule has 9 heteroatoms. The van der Waals surface area contributed by atoms with Crippen LogP contribution in [0.5, 0.6) is 5.75 Å². The number of phosphoric acid groups is 1. The third kappa shape index (κ3) is 18.1. The molecule has 2 atom stereocenters. The summed E-state index contributed by atoms with van der Waals surface area (Å²) in [5.74, 6) is 0.223. The van der Waals surface area contributed by atoms with Gasteiger partial charge in [-0.3, -0.25) is 4.57 Å². The van der Waals surface area contributed by atoms with Crippen LogP contribution in [0.1, 0.15) is 114 Å².